The van der Waals surface area contributed by atoms with Crippen molar-refractivity contribution < 1.29 is 33.4 Å². The van der Waals surface area contributed by atoms with Gasteiger partial charge >= 0.3 is 252 Å². The molecule has 336 valence electrons. The molecule has 0 radical (unpaired) electrons. The molecule has 1 heterocycles. The first-order chi connectivity index (χ1) is 28.4. The van der Waals surface area contributed by atoms with E-state index >= 15 is 0 Å². The number of anilines is 2. The summed E-state index contributed by atoms with van der Waals surface area (Å²) in [5, 5.41) is 8.99. The molecule has 1 aliphatic heterocycles. The number of carbonyl (C=O) groups excluding carboxylic acids is 5. The van der Waals surface area contributed by atoms with Gasteiger partial charge in [0.05, 0.1) is 0 Å². The van der Waals surface area contributed by atoms with Crippen LogP contribution in [0.3, 0.4) is 0 Å². The van der Waals surface area contributed by atoms with Gasteiger partial charge < -0.3 is 16.4 Å². The van der Waals surface area contributed by atoms with Gasteiger partial charge in [0.15, 0.2) is 0 Å². The van der Waals surface area contributed by atoms with E-state index in [1.54, 1.807) is 55.1 Å². The topological polar surface area (TPSA) is 176 Å². The minimum absolute atomic E-state index is 0.00867. The van der Waals surface area contributed by atoms with Crippen molar-refractivity contribution in [3.63, 3.8) is 0 Å². The van der Waals surface area contributed by atoms with E-state index in [2.05, 4.69) is 32.7 Å². The van der Waals surface area contributed by atoms with Crippen molar-refractivity contribution in [1.82, 2.24) is 25.3 Å². The van der Waals surface area contributed by atoms with E-state index in [0.717, 1.165) is 18.4 Å². The first-order valence-electron chi connectivity index (χ1n) is 20.9. The van der Waals surface area contributed by atoms with Gasteiger partial charge in [-0.05, 0) is 29.8 Å². The van der Waals surface area contributed by atoms with Crippen molar-refractivity contribution in [3.05, 3.63) is 60.2 Å². The third-order valence-electron chi connectivity index (χ3n) is 11.7. The Labute approximate surface area is 365 Å². The van der Waals surface area contributed by atoms with Crippen molar-refractivity contribution in [1.29, 1.82) is 0 Å². The zero-order valence-electron chi connectivity index (χ0n) is 37.9. The van der Waals surface area contributed by atoms with E-state index in [1.165, 1.54) is 7.11 Å². The van der Waals surface area contributed by atoms with Gasteiger partial charge in [-0.25, -0.2) is 0 Å². The van der Waals surface area contributed by atoms with Crippen molar-refractivity contribution in [2.24, 2.45) is 17.8 Å². The second-order valence-electron chi connectivity index (χ2n) is 16.8. The standard InChI is InChI=1S/C45H72IN7O7/c1-13-29(4)39(52(10)45(58)41(46(6)7)50-44(57)38(28(2)3)51(8)9)36(59-11)27-37(54)53-25-17-20-35(53)40(60-12)30(5)42(55)49-34(26-31-18-15-14-16-19-31)43(56)48-33-23-21-32(47)22-24-33/h14-16,18-19,21-24,28-30,34-36,38-41H,13,17,20,25-27,47H2,1-12H3,(H,48,56)(H,49,55)(H,50,57)/t29-,30+,34-,35-,36+,38-,39-,40+,41+/m0/s1. The molecule has 1 fully saturated rings. The fourth-order valence-electron chi connectivity index (χ4n) is 8.34. The number of ether oxygens (including phenoxy) is 2. The minimum atomic E-state index is -1.95. The molecule has 1 saturated heterocycles. The Morgan fingerprint density at radius 1 is 0.883 bits per heavy atom. The molecule has 0 aliphatic carbocycles. The summed E-state index contributed by atoms with van der Waals surface area (Å²) in [5.41, 5.74) is 7.84. The predicted molar refractivity (Wildman–Crippen MR) is 248 cm³/mol. The number of methoxy groups -OCH3 is 2. The summed E-state index contributed by atoms with van der Waals surface area (Å²) in [5.74, 6) is -1.95. The Hall–Kier alpha value is -3.80. The summed E-state index contributed by atoms with van der Waals surface area (Å²) in [6, 6.07) is 14.1. The molecular formula is C45H72IN7O7. The van der Waals surface area contributed by atoms with Crippen molar-refractivity contribution in [3.8, 4) is 0 Å². The molecule has 0 spiro atoms. The molecule has 5 amide bonds. The molecule has 2 aromatic carbocycles. The summed E-state index contributed by atoms with van der Waals surface area (Å²) >= 11 is -1.95. The molecule has 0 bridgehead atoms. The summed E-state index contributed by atoms with van der Waals surface area (Å²) < 4.78 is 11.5. The Kier molecular flexibility index (Phi) is 20.2. The van der Waals surface area contributed by atoms with Gasteiger partial charge in [-0.1, -0.05) is 30.3 Å². The molecule has 14 nitrogen and oxygen atoms in total. The Morgan fingerprint density at radius 2 is 1.52 bits per heavy atom. The number of nitrogens with two attached hydrogens (primary N) is 1. The summed E-state index contributed by atoms with van der Waals surface area (Å²) in [6.07, 6.45) is 1.05. The number of nitrogens with zero attached hydrogens (tertiary/aromatic N) is 3. The van der Waals surface area contributed by atoms with Crippen LogP contribution in [-0.2, 0) is 39.9 Å². The first kappa shape index (κ1) is 50.6. The SMILES string of the molecule is CC[C@H](C)[C@@H]([C@@H](CC(=O)N1CCC[C@H]1[C@H](OC)[C@@H](C)C(=O)N[C@@H](Cc1ccccc1)C(=O)Nc1ccc(N)cc1)OC)N(C)C(=O)[C@@H](NC(=O)[C@H](C(C)C)N(C)C)I(C)C. The summed E-state index contributed by atoms with van der Waals surface area (Å²) in [7, 11) is 8.59. The Morgan fingerprint density at radius 3 is 2.05 bits per heavy atom. The molecule has 60 heavy (non-hydrogen) atoms. The number of carbonyl (C=O) groups is 5. The van der Waals surface area contributed by atoms with Gasteiger partial charge in [0.25, 0.3) is 0 Å². The maximum absolute atomic E-state index is 14.4. The van der Waals surface area contributed by atoms with Crippen LogP contribution in [0.5, 0.6) is 0 Å². The molecule has 15 heteroatoms. The van der Waals surface area contributed by atoms with E-state index in [4.69, 9.17) is 15.2 Å². The van der Waals surface area contributed by atoms with Gasteiger partial charge in [0, 0.05) is 17.8 Å². The van der Waals surface area contributed by atoms with Gasteiger partial charge in [-0.2, -0.15) is 0 Å². The van der Waals surface area contributed by atoms with E-state index in [-0.39, 0.29) is 60.3 Å². The van der Waals surface area contributed by atoms with Gasteiger partial charge in [-0.3, -0.25) is 9.59 Å². The van der Waals surface area contributed by atoms with E-state index < -0.39 is 60.1 Å². The number of hydrogen-bond donors (Lipinski definition) is 4. The summed E-state index contributed by atoms with van der Waals surface area (Å²) in [4.78, 5) is 79.4. The van der Waals surface area contributed by atoms with E-state index in [9.17, 15) is 24.0 Å². The number of benzene rings is 2. The normalized spacial score (nSPS) is 18.4. The number of alkyl halides is 3. The maximum atomic E-state index is 14.4. The fourth-order valence-corrected chi connectivity index (χ4v) is 10.8. The van der Waals surface area contributed by atoms with Crippen molar-refractivity contribution in [2.45, 2.75) is 107 Å². The number of likely N-dealkylation sites (N-methyl/N-ethyl adjacent to an activating group) is 2. The molecule has 9 atom stereocenters. The average Bonchev–Trinajstić information content (AvgIpc) is 3.69. The van der Waals surface area contributed by atoms with Crippen LogP contribution in [0.15, 0.2) is 54.6 Å². The molecule has 0 aromatic heterocycles. The third-order valence-corrected chi connectivity index (χ3v) is 15.1. The predicted octanol–water partition coefficient (Wildman–Crippen LogP) is 4.65. The van der Waals surface area contributed by atoms with Gasteiger partial charge in [-0.15, -0.1) is 0 Å². The van der Waals surface area contributed by atoms with Crippen molar-refractivity contribution >= 4 is 60.7 Å². The molecule has 0 unspecified atom stereocenters. The van der Waals surface area contributed by atoms with Crippen LogP contribution in [0, 0.1) is 17.8 Å². The molecule has 1 aliphatic rings. The zero-order valence-corrected chi connectivity index (χ0v) is 40.0. The Bertz CT molecular complexity index is 1690. The zero-order chi connectivity index (χ0) is 44.8. The molecular weight excluding hydrogens is 877 g/mol. The average molecular weight is 950 g/mol. The third kappa shape index (κ3) is 13.6. The number of amides is 5. The van der Waals surface area contributed by atoms with Crippen LogP contribution in [-0.4, -0.2) is 136 Å². The van der Waals surface area contributed by atoms with Gasteiger partial charge in [0.1, 0.15) is 6.04 Å². The van der Waals surface area contributed by atoms with Crippen molar-refractivity contribution in [2.75, 3.05) is 62.8 Å². The van der Waals surface area contributed by atoms with E-state index in [1.807, 2.05) is 70.1 Å². The molecule has 0 saturated carbocycles. The fraction of sp³-hybridized carbons (Fsp3) is 0.622. The Balaban J connectivity index is 1.81. The van der Waals surface area contributed by atoms with Crippen LogP contribution < -0.4 is 21.7 Å². The van der Waals surface area contributed by atoms with Crippen LogP contribution in [0.2, 0.25) is 0 Å². The molecule has 3 rings (SSSR count). The second kappa shape index (κ2) is 24.0. The number of likely N-dealkylation sites (tertiary alicyclic amines) is 1. The molecule has 2 aromatic rings. The van der Waals surface area contributed by atoms with E-state index in [0.29, 0.717) is 24.3 Å². The monoisotopic (exact) mass is 949 g/mol. The number of rotatable bonds is 22. The first-order valence-corrected chi connectivity index (χ1v) is 26.5. The van der Waals surface area contributed by atoms with Gasteiger partial charge in [0.2, 0.25) is 5.91 Å². The number of hydrogen-bond acceptors (Lipinski definition) is 9. The summed E-state index contributed by atoms with van der Waals surface area (Å²) in [6.45, 7) is 10.3. The second-order valence-corrected chi connectivity index (χ2v) is 22.7. The number of nitrogen functional groups attached to an aromatic ring is 1. The number of nitrogens with one attached hydrogen (secondary N) is 3. The van der Waals surface area contributed by atoms with Crippen LogP contribution >= 0.6 is 19.8 Å². The van der Waals surface area contributed by atoms with Crippen LogP contribution in [0.4, 0.5) is 11.4 Å². The quantitative estimate of drug-likeness (QED) is 0.0567. The van der Waals surface area contributed by atoms with Crippen LogP contribution in [0.1, 0.15) is 65.9 Å². The number of halogens is 1. The van der Waals surface area contributed by atoms with Crippen LogP contribution in [0.25, 0.3) is 0 Å². The molecule has 5 N–H and O–H groups in total.